The maximum atomic E-state index is 9.86. The molecule has 166 valence electrons. The summed E-state index contributed by atoms with van der Waals surface area (Å²) in [6, 6.07) is 23.4. The monoisotopic (exact) mass is 462 g/mol. The molecule has 3 aromatic rings. The van der Waals surface area contributed by atoms with Gasteiger partial charge in [0.2, 0.25) is 5.88 Å². The average Bonchev–Trinajstić information content (AvgIpc) is 3.26. The van der Waals surface area contributed by atoms with Crippen molar-refractivity contribution in [3.63, 3.8) is 0 Å². The molecule has 0 aliphatic heterocycles. The fraction of sp³-hybridized carbons (Fsp3) is 0.385. The molecular weight excluding hydrogens is 432 g/mol. The molecule has 4 nitrogen and oxygen atoms in total. The largest absolute Gasteiger partial charge is 0.493 e. The van der Waals surface area contributed by atoms with Gasteiger partial charge in [0.25, 0.3) is 8.32 Å². The normalized spacial score (nSPS) is 24.9. The van der Waals surface area contributed by atoms with Crippen LogP contribution in [0.5, 0.6) is 5.88 Å². The van der Waals surface area contributed by atoms with E-state index in [0.717, 1.165) is 18.5 Å². The number of aromatic nitrogens is 2. The Kier molecular flexibility index (Phi) is 5.43. The molecule has 0 amide bonds. The predicted molar refractivity (Wildman–Crippen MR) is 132 cm³/mol. The third-order valence-corrected chi connectivity index (χ3v) is 12.5. The van der Waals surface area contributed by atoms with Gasteiger partial charge >= 0.3 is 0 Å². The number of hydrogen-bond acceptors (Lipinski definition) is 5. The topological polar surface area (TPSA) is 55.2 Å². The van der Waals surface area contributed by atoms with E-state index in [2.05, 4.69) is 104 Å². The Hall–Kier alpha value is -2.15. The van der Waals surface area contributed by atoms with Crippen molar-refractivity contribution in [1.82, 2.24) is 9.97 Å². The Morgan fingerprint density at radius 2 is 1.44 bits per heavy atom. The van der Waals surface area contributed by atoms with Crippen molar-refractivity contribution in [3.8, 4) is 5.88 Å². The number of benzene rings is 2. The van der Waals surface area contributed by atoms with Crippen LogP contribution in [-0.4, -0.2) is 29.5 Å². The molecule has 2 fully saturated rings. The standard InChI is InChI=1S/C26H30N2O2SSi/c1-26(2,3)32(18-10-6-4-7-11-18,19-12-8-5-9-13-19)30-17-14-20-21(15-17)24(20)22-16-23(29)28-25(31)27-22/h4-13,16-17,20-21,24H,14-15H2,1-3H3,(H2,27,28,29,31)/t17?,20-,21+,24+. The molecule has 2 saturated carbocycles. The van der Waals surface area contributed by atoms with E-state index in [-0.39, 0.29) is 17.0 Å². The van der Waals surface area contributed by atoms with Gasteiger partial charge in [-0.15, -0.1) is 12.6 Å². The summed E-state index contributed by atoms with van der Waals surface area (Å²) in [5.41, 5.74) is 0.918. The summed E-state index contributed by atoms with van der Waals surface area (Å²) in [4.78, 5) is 8.36. The van der Waals surface area contributed by atoms with E-state index in [1.807, 2.05) is 0 Å². The second-order valence-electron chi connectivity index (χ2n) is 10.2. The lowest BCUT2D eigenvalue weighted by molar-refractivity contribution is 0.177. The molecule has 32 heavy (non-hydrogen) atoms. The Bertz CT molecular complexity index is 1030. The maximum absolute atomic E-state index is 9.86. The third kappa shape index (κ3) is 3.68. The van der Waals surface area contributed by atoms with Gasteiger partial charge in [-0.25, -0.2) is 4.98 Å². The van der Waals surface area contributed by atoms with Gasteiger partial charge in [0, 0.05) is 18.1 Å². The highest BCUT2D eigenvalue weighted by molar-refractivity contribution is 7.80. The van der Waals surface area contributed by atoms with E-state index in [0.29, 0.717) is 22.9 Å². The first kappa shape index (κ1) is 21.7. The van der Waals surface area contributed by atoms with Gasteiger partial charge in [-0.05, 0) is 40.1 Å². The van der Waals surface area contributed by atoms with Crippen molar-refractivity contribution in [2.75, 3.05) is 0 Å². The first-order valence-electron chi connectivity index (χ1n) is 11.4. The Balaban J connectivity index is 1.44. The summed E-state index contributed by atoms with van der Waals surface area (Å²) in [6.45, 7) is 6.99. The minimum Gasteiger partial charge on any atom is -0.493 e. The fourth-order valence-electron chi connectivity index (χ4n) is 5.88. The molecule has 1 aromatic heterocycles. The SMILES string of the molecule is CC(C)(C)[Si](OC1C[C@@H]2[C@H](C1)[C@H]2c1cc(O)nc(S)n1)(c1ccccc1)c1ccccc1. The van der Waals surface area contributed by atoms with Crippen LogP contribution in [-0.2, 0) is 4.43 Å². The maximum Gasteiger partial charge on any atom is 0.261 e. The molecule has 1 heterocycles. The average molecular weight is 463 g/mol. The van der Waals surface area contributed by atoms with Crippen molar-refractivity contribution in [1.29, 1.82) is 0 Å². The summed E-state index contributed by atoms with van der Waals surface area (Å²) >= 11 is 4.24. The summed E-state index contributed by atoms with van der Waals surface area (Å²) in [6.07, 6.45) is 2.30. The van der Waals surface area contributed by atoms with Crippen LogP contribution >= 0.6 is 12.6 Å². The van der Waals surface area contributed by atoms with Crippen LogP contribution in [0.2, 0.25) is 5.04 Å². The molecule has 0 bridgehead atoms. The molecule has 0 spiro atoms. The highest BCUT2D eigenvalue weighted by Gasteiger charge is 2.60. The van der Waals surface area contributed by atoms with Gasteiger partial charge in [-0.1, -0.05) is 81.4 Å². The molecule has 2 aromatic carbocycles. The summed E-state index contributed by atoms with van der Waals surface area (Å²) < 4.78 is 7.31. The number of rotatable bonds is 5. The minimum absolute atomic E-state index is 0.00471. The number of thiol groups is 1. The molecule has 0 radical (unpaired) electrons. The van der Waals surface area contributed by atoms with Gasteiger partial charge in [0.1, 0.15) is 0 Å². The zero-order valence-corrected chi connectivity index (χ0v) is 20.7. The van der Waals surface area contributed by atoms with Crippen LogP contribution in [0.3, 0.4) is 0 Å². The second kappa shape index (κ2) is 8.01. The minimum atomic E-state index is -2.52. The fourth-order valence-corrected chi connectivity index (χ4v) is 10.8. The van der Waals surface area contributed by atoms with Gasteiger partial charge < -0.3 is 9.53 Å². The van der Waals surface area contributed by atoms with Crippen LogP contribution in [0.1, 0.15) is 45.2 Å². The van der Waals surface area contributed by atoms with Crippen LogP contribution < -0.4 is 10.4 Å². The van der Waals surface area contributed by atoms with Crippen molar-refractivity contribution in [2.24, 2.45) is 11.8 Å². The van der Waals surface area contributed by atoms with E-state index in [1.54, 1.807) is 6.07 Å². The lowest BCUT2D eigenvalue weighted by Crippen LogP contribution is -2.67. The molecule has 5 rings (SSSR count). The Morgan fingerprint density at radius 1 is 0.906 bits per heavy atom. The highest BCUT2D eigenvalue weighted by atomic mass is 32.1. The smallest absolute Gasteiger partial charge is 0.261 e. The number of nitrogens with zero attached hydrogens (tertiary/aromatic N) is 2. The molecule has 0 saturated heterocycles. The van der Waals surface area contributed by atoms with Gasteiger partial charge in [0.05, 0.1) is 5.69 Å². The van der Waals surface area contributed by atoms with Crippen LogP contribution in [0, 0.1) is 11.8 Å². The van der Waals surface area contributed by atoms with Crippen molar-refractivity contribution >= 4 is 31.3 Å². The molecule has 1 unspecified atom stereocenters. The quantitative estimate of drug-likeness (QED) is 0.332. The highest BCUT2D eigenvalue weighted by Crippen LogP contribution is 2.64. The summed E-state index contributed by atoms with van der Waals surface area (Å²) in [5, 5.41) is 12.8. The summed E-state index contributed by atoms with van der Waals surface area (Å²) in [7, 11) is -2.52. The number of hydrogen-bond donors (Lipinski definition) is 2. The Morgan fingerprint density at radius 3 is 1.91 bits per heavy atom. The molecule has 4 atom stereocenters. The van der Waals surface area contributed by atoms with Crippen molar-refractivity contribution in [3.05, 3.63) is 72.4 Å². The molecular formula is C26H30N2O2SSi. The second-order valence-corrected chi connectivity index (χ2v) is 14.8. The third-order valence-electron chi connectivity index (χ3n) is 7.22. The van der Waals surface area contributed by atoms with Gasteiger partial charge in [0.15, 0.2) is 5.16 Å². The lowest BCUT2D eigenvalue weighted by atomic mass is 10.1. The van der Waals surface area contributed by atoms with E-state index in [1.165, 1.54) is 10.4 Å². The molecule has 2 aliphatic carbocycles. The molecule has 6 heteroatoms. The first-order chi connectivity index (χ1) is 15.3. The van der Waals surface area contributed by atoms with Gasteiger partial charge in [-0.3, -0.25) is 0 Å². The molecule has 1 N–H and O–H groups in total. The van der Waals surface area contributed by atoms with Crippen LogP contribution in [0.25, 0.3) is 0 Å². The molecule has 2 aliphatic rings. The Labute approximate surface area is 196 Å². The lowest BCUT2D eigenvalue weighted by Gasteiger charge is -2.45. The first-order valence-corrected chi connectivity index (χ1v) is 13.7. The van der Waals surface area contributed by atoms with Crippen molar-refractivity contribution < 1.29 is 9.53 Å². The van der Waals surface area contributed by atoms with Crippen molar-refractivity contribution in [2.45, 2.75) is 55.8 Å². The predicted octanol–water partition coefficient (Wildman–Crippen LogP) is 4.54. The van der Waals surface area contributed by atoms with E-state index >= 15 is 0 Å². The number of aromatic hydroxyl groups is 1. The van der Waals surface area contributed by atoms with E-state index in [4.69, 9.17) is 4.43 Å². The van der Waals surface area contributed by atoms with Gasteiger partial charge in [-0.2, -0.15) is 4.98 Å². The number of fused-ring (bicyclic) bond motifs is 1. The van der Waals surface area contributed by atoms with E-state index in [9.17, 15) is 5.11 Å². The van der Waals surface area contributed by atoms with E-state index < -0.39 is 8.32 Å². The zero-order chi connectivity index (χ0) is 22.5. The summed E-state index contributed by atoms with van der Waals surface area (Å²) in [5.74, 6) is 1.50. The van der Waals surface area contributed by atoms with Crippen LogP contribution in [0.4, 0.5) is 0 Å². The zero-order valence-electron chi connectivity index (χ0n) is 18.8. The van der Waals surface area contributed by atoms with Crippen LogP contribution in [0.15, 0.2) is 71.9 Å².